The summed E-state index contributed by atoms with van der Waals surface area (Å²) in [6.07, 6.45) is -5.29. The van der Waals surface area contributed by atoms with Gasteiger partial charge >= 0.3 is 6.18 Å². The van der Waals surface area contributed by atoms with Crippen molar-refractivity contribution >= 4 is 27.1 Å². The molecule has 0 spiro atoms. The molecule has 0 fully saturated rings. The van der Waals surface area contributed by atoms with E-state index < -0.39 is 43.9 Å². The molecular weight excluding hydrogens is 392 g/mol. The molecule has 0 saturated heterocycles. The Morgan fingerprint density at radius 3 is 2.07 bits per heavy atom. The van der Waals surface area contributed by atoms with Gasteiger partial charge in [-0.25, -0.2) is 12.8 Å². The van der Waals surface area contributed by atoms with Crippen LogP contribution in [0, 0.1) is 5.82 Å². The van der Waals surface area contributed by atoms with E-state index in [0.717, 1.165) is 12.1 Å². The molecule has 0 aliphatic rings. The lowest BCUT2D eigenvalue weighted by molar-refractivity contribution is -0.242. The maximum Gasteiger partial charge on any atom is 0.426 e. The Balaban J connectivity index is 2.33. The van der Waals surface area contributed by atoms with Gasteiger partial charge in [-0.3, -0.25) is 4.79 Å². The summed E-state index contributed by atoms with van der Waals surface area (Å²) < 4.78 is 76.9. The number of amides is 1. The number of anilines is 2. The van der Waals surface area contributed by atoms with Gasteiger partial charge in [0, 0.05) is 5.69 Å². The van der Waals surface area contributed by atoms with Crippen molar-refractivity contribution in [1.82, 2.24) is 0 Å². The maximum absolute atomic E-state index is 14.1. The predicted molar refractivity (Wildman–Crippen MR) is 88.0 cm³/mol. The van der Waals surface area contributed by atoms with Gasteiger partial charge < -0.3 is 16.2 Å². The molecule has 0 aliphatic carbocycles. The number of aliphatic hydroxyl groups is 1. The second-order valence-electron chi connectivity index (χ2n) is 5.74. The fourth-order valence-electron chi connectivity index (χ4n) is 1.92. The molecule has 27 heavy (non-hydrogen) atoms. The summed E-state index contributed by atoms with van der Waals surface area (Å²) in [6, 6.07) is 7.31. The number of benzene rings is 2. The van der Waals surface area contributed by atoms with E-state index in [9.17, 15) is 35.9 Å². The first-order valence-corrected chi connectivity index (χ1v) is 8.76. The number of carbonyl (C=O) groups excluding carboxylic acids is 1. The Labute approximate surface area is 151 Å². The third-order valence-electron chi connectivity index (χ3n) is 3.68. The normalized spacial score (nSPS) is 14.4. The highest BCUT2D eigenvalue weighted by Crippen LogP contribution is 2.32. The molecule has 146 valence electrons. The average molecular weight is 406 g/mol. The Morgan fingerprint density at radius 1 is 1.07 bits per heavy atom. The van der Waals surface area contributed by atoms with Crippen molar-refractivity contribution in [2.24, 2.45) is 0 Å². The summed E-state index contributed by atoms with van der Waals surface area (Å²) in [5, 5.41) is 10.8. The minimum Gasteiger partial charge on any atom is -0.399 e. The molecule has 1 atom stereocenters. The summed E-state index contributed by atoms with van der Waals surface area (Å²) in [5.74, 6) is -3.21. The first kappa shape index (κ1) is 20.6. The minimum atomic E-state index is -5.29. The molecule has 1 amide bonds. The van der Waals surface area contributed by atoms with Crippen molar-refractivity contribution in [3.63, 3.8) is 0 Å². The van der Waals surface area contributed by atoms with Crippen molar-refractivity contribution in [3.05, 3.63) is 48.3 Å². The smallest absolute Gasteiger partial charge is 0.399 e. The third-order valence-corrected chi connectivity index (χ3v) is 5.45. The fourth-order valence-corrected chi connectivity index (χ4v) is 3.19. The maximum atomic E-state index is 14.1. The average Bonchev–Trinajstić information content (AvgIpc) is 2.55. The van der Waals surface area contributed by atoms with Crippen molar-refractivity contribution < 1.29 is 35.9 Å². The lowest BCUT2D eigenvalue weighted by atomic mass is 10.1. The molecule has 0 unspecified atom stereocenters. The van der Waals surface area contributed by atoms with Gasteiger partial charge in [0.15, 0.2) is 0 Å². The van der Waals surface area contributed by atoms with Crippen molar-refractivity contribution in [2.45, 2.75) is 28.5 Å². The largest absolute Gasteiger partial charge is 0.426 e. The monoisotopic (exact) mass is 406 g/mol. The SMILES string of the molecule is C[C@@](O)(C(=O)Nc1ccc(S(=O)(=O)c2ccc(N)cc2)cc1F)C(F)(F)F. The van der Waals surface area contributed by atoms with E-state index in [1.807, 2.05) is 0 Å². The first-order valence-electron chi connectivity index (χ1n) is 7.27. The number of hydrogen-bond donors (Lipinski definition) is 3. The van der Waals surface area contributed by atoms with Crippen LogP contribution in [0.3, 0.4) is 0 Å². The number of alkyl halides is 3. The van der Waals surface area contributed by atoms with Crippen LogP contribution in [0.15, 0.2) is 52.3 Å². The van der Waals surface area contributed by atoms with Crippen LogP contribution in [0.4, 0.5) is 28.9 Å². The molecule has 4 N–H and O–H groups in total. The molecule has 0 radical (unpaired) electrons. The summed E-state index contributed by atoms with van der Waals surface area (Å²) in [6.45, 7) is 0.209. The summed E-state index contributed by atoms with van der Waals surface area (Å²) in [4.78, 5) is 10.9. The zero-order valence-corrected chi connectivity index (χ0v) is 14.5. The second-order valence-corrected chi connectivity index (χ2v) is 7.69. The van der Waals surface area contributed by atoms with Crippen LogP contribution in [0.2, 0.25) is 0 Å². The van der Waals surface area contributed by atoms with E-state index in [1.54, 1.807) is 5.32 Å². The highest BCUT2D eigenvalue weighted by molar-refractivity contribution is 7.91. The third kappa shape index (κ3) is 4.03. The van der Waals surface area contributed by atoms with E-state index in [0.29, 0.717) is 11.8 Å². The number of rotatable bonds is 4. The van der Waals surface area contributed by atoms with Crippen LogP contribution in [-0.4, -0.2) is 31.2 Å². The highest BCUT2D eigenvalue weighted by Gasteiger charge is 2.55. The topological polar surface area (TPSA) is 109 Å². The van der Waals surface area contributed by atoms with Gasteiger partial charge in [-0.1, -0.05) is 0 Å². The van der Waals surface area contributed by atoms with Crippen LogP contribution in [-0.2, 0) is 14.6 Å². The number of sulfone groups is 1. The zero-order valence-electron chi connectivity index (χ0n) is 13.7. The zero-order chi connectivity index (χ0) is 20.6. The first-order chi connectivity index (χ1) is 12.3. The molecule has 2 aromatic carbocycles. The number of carbonyl (C=O) groups is 1. The van der Waals surface area contributed by atoms with E-state index >= 15 is 0 Å². The van der Waals surface area contributed by atoms with Crippen molar-refractivity contribution in [1.29, 1.82) is 0 Å². The number of halogens is 4. The summed E-state index contributed by atoms with van der Waals surface area (Å²) >= 11 is 0. The molecule has 2 rings (SSSR count). The Bertz CT molecular complexity index is 971. The molecule has 0 saturated carbocycles. The molecule has 0 aromatic heterocycles. The predicted octanol–water partition coefficient (Wildman–Crippen LogP) is 2.49. The highest BCUT2D eigenvalue weighted by atomic mass is 32.2. The molecule has 6 nitrogen and oxygen atoms in total. The van der Waals surface area contributed by atoms with Crippen molar-refractivity contribution in [2.75, 3.05) is 11.1 Å². The number of hydrogen-bond acceptors (Lipinski definition) is 5. The molecule has 0 aliphatic heterocycles. The van der Waals surface area contributed by atoms with Crippen molar-refractivity contribution in [3.8, 4) is 0 Å². The number of nitrogen functional groups attached to an aromatic ring is 1. The van der Waals surface area contributed by atoms with Gasteiger partial charge in [-0.2, -0.15) is 13.2 Å². The van der Waals surface area contributed by atoms with Gasteiger partial charge in [0.05, 0.1) is 15.5 Å². The van der Waals surface area contributed by atoms with Crippen LogP contribution in [0.5, 0.6) is 0 Å². The van der Waals surface area contributed by atoms with E-state index in [2.05, 4.69) is 0 Å². The molecule has 0 bridgehead atoms. The second kappa shape index (κ2) is 6.82. The molecule has 11 heteroatoms. The van der Waals surface area contributed by atoms with Gasteiger partial charge in [0.2, 0.25) is 15.4 Å². The van der Waals surface area contributed by atoms with Crippen LogP contribution >= 0.6 is 0 Å². The van der Waals surface area contributed by atoms with Crippen LogP contribution in [0.1, 0.15) is 6.92 Å². The molecular formula is C16H14F4N2O4S. The molecule has 0 heterocycles. The van der Waals surface area contributed by atoms with Gasteiger partial charge in [0.1, 0.15) is 5.82 Å². The van der Waals surface area contributed by atoms with Gasteiger partial charge in [-0.15, -0.1) is 0 Å². The van der Waals surface area contributed by atoms with Crippen LogP contribution in [0.25, 0.3) is 0 Å². The Morgan fingerprint density at radius 2 is 1.59 bits per heavy atom. The van der Waals surface area contributed by atoms with Gasteiger partial charge in [-0.05, 0) is 49.4 Å². The summed E-state index contributed by atoms with van der Waals surface area (Å²) in [5.41, 5.74) is 1.31. The van der Waals surface area contributed by atoms with E-state index in [-0.39, 0.29) is 11.8 Å². The van der Waals surface area contributed by atoms with E-state index in [1.165, 1.54) is 24.3 Å². The van der Waals surface area contributed by atoms with Crippen LogP contribution < -0.4 is 11.1 Å². The number of nitrogens with one attached hydrogen (secondary N) is 1. The minimum absolute atomic E-state index is 0.173. The fraction of sp³-hybridized carbons (Fsp3) is 0.188. The summed E-state index contributed by atoms with van der Waals surface area (Å²) in [7, 11) is -4.11. The Hall–Kier alpha value is -2.66. The standard InChI is InChI=1S/C16H14F4N2O4S/c1-15(24,16(18,19)20)14(23)22-13-7-6-11(8-12(13)17)27(25,26)10-4-2-9(21)3-5-10/h2-8,24H,21H2,1H3,(H,22,23)/t15-/m1/s1. The Kier molecular flexibility index (Phi) is 5.21. The molecule has 2 aromatic rings. The van der Waals surface area contributed by atoms with E-state index in [4.69, 9.17) is 5.73 Å². The van der Waals surface area contributed by atoms with Gasteiger partial charge in [0.25, 0.3) is 5.91 Å². The lowest BCUT2D eigenvalue weighted by Gasteiger charge is -2.25. The quantitative estimate of drug-likeness (QED) is 0.534. The number of nitrogens with two attached hydrogens (primary N) is 1. The lowest BCUT2D eigenvalue weighted by Crippen LogP contribution is -2.52.